The zero-order valence-electron chi connectivity index (χ0n) is 8.90. The SMILES string of the molecule is C=CCN(CCC(=O)O)c1ccccc1Cl. The van der Waals surface area contributed by atoms with Crippen molar-refractivity contribution in [2.75, 3.05) is 18.0 Å². The monoisotopic (exact) mass is 239 g/mol. The highest BCUT2D eigenvalue weighted by atomic mass is 35.5. The zero-order chi connectivity index (χ0) is 12.0. The van der Waals surface area contributed by atoms with E-state index in [1.165, 1.54) is 0 Å². The van der Waals surface area contributed by atoms with Gasteiger partial charge in [-0.25, -0.2) is 0 Å². The van der Waals surface area contributed by atoms with Crippen LogP contribution in [0, 0.1) is 0 Å². The first-order valence-electron chi connectivity index (χ1n) is 4.97. The molecule has 0 radical (unpaired) electrons. The van der Waals surface area contributed by atoms with E-state index in [9.17, 15) is 4.79 Å². The number of rotatable bonds is 6. The van der Waals surface area contributed by atoms with Gasteiger partial charge in [-0.2, -0.15) is 0 Å². The van der Waals surface area contributed by atoms with Crippen LogP contribution in [0.3, 0.4) is 0 Å². The number of carboxylic acid groups (broad SMARTS) is 1. The minimum atomic E-state index is -0.818. The highest BCUT2D eigenvalue weighted by molar-refractivity contribution is 6.33. The Balaban J connectivity index is 2.80. The summed E-state index contributed by atoms with van der Waals surface area (Å²) in [6.07, 6.45) is 1.81. The molecule has 0 fully saturated rings. The second-order valence-electron chi connectivity index (χ2n) is 3.33. The van der Waals surface area contributed by atoms with Crippen molar-refractivity contribution < 1.29 is 9.90 Å². The molecule has 0 aliphatic rings. The molecular weight excluding hydrogens is 226 g/mol. The number of nitrogens with zero attached hydrogens (tertiary/aromatic N) is 1. The van der Waals surface area contributed by atoms with Crippen LogP contribution in [-0.2, 0) is 4.79 Å². The Labute approximate surface area is 100.0 Å². The number of carboxylic acids is 1. The minimum absolute atomic E-state index is 0.0824. The maximum atomic E-state index is 10.5. The molecule has 0 unspecified atom stereocenters. The smallest absolute Gasteiger partial charge is 0.305 e. The molecule has 0 atom stereocenters. The van der Waals surface area contributed by atoms with Crippen molar-refractivity contribution in [1.82, 2.24) is 0 Å². The molecule has 1 aromatic rings. The van der Waals surface area contributed by atoms with Crippen LogP contribution in [0.15, 0.2) is 36.9 Å². The quantitative estimate of drug-likeness (QED) is 0.776. The lowest BCUT2D eigenvalue weighted by Crippen LogP contribution is -2.26. The van der Waals surface area contributed by atoms with Gasteiger partial charge in [-0.3, -0.25) is 4.79 Å². The van der Waals surface area contributed by atoms with E-state index < -0.39 is 5.97 Å². The maximum Gasteiger partial charge on any atom is 0.305 e. The van der Waals surface area contributed by atoms with E-state index in [4.69, 9.17) is 16.7 Å². The number of aliphatic carboxylic acids is 1. The van der Waals surface area contributed by atoms with E-state index >= 15 is 0 Å². The number of hydrogen-bond donors (Lipinski definition) is 1. The van der Waals surface area contributed by atoms with Gasteiger partial charge in [-0.1, -0.05) is 29.8 Å². The van der Waals surface area contributed by atoms with Gasteiger partial charge in [0.2, 0.25) is 0 Å². The summed E-state index contributed by atoms with van der Waals surface area (Å²) in [7, 11) is 0. The van der Waals surface area contributed by atoms with Crippen LogP contribution in [0.5, 0.6) is 0 Å². The molecular formula is C12H14ClNO2. The molecule has 0 aromatic heterocycles. The lowest BCUT2D eigenvalue weighted by Gasteiger charge is -2.23. The number of benzene rings is 1. The number of halogens is 1. The Kier molecular flexibility index (Phi) is 4.86. The van der Waals surface area contributed by atoms with E-state index in [2.05, 4.69) is 6.58 Å². The first kappa shape index (κ1) is 12.6. The van der Waals surface area contributed by atoms with Gasteiger partial charge < -0.3 is 10.0 Å². The fourth-order valence-electron chi connectivity index (χ4n) is 1.40. The van der Waals surface area contributed by atoms with Crippen LogP contribution in [0.2, 0.25) is 5.02 Å². The summed E-state index contributed by atoms with van der Waals surface area (Å²) in [5.74, 6) is -0.818. The van der Waals surface area contributed by atoms with Crippen molar-refractivity contribution in [1.29, 1.82) is 0 Å². The van der Waals surface area contributed by atoms with Gasteiger partial charge in [0.05, 0.1) is 17.1 Å². The first-order chi connectivity index (χ1) is 7.65. The highest BCUT2D eigenvalue weighted by Crippen LogP contribution is 2.25. The fraction of sp³-hybridized carbons (Fsp3) is 0.250. The molecule has 1 aromatic carbocycles. The van der Waals surface area contributed by atoms with E-state index in [1.54, 1.807) is 12.1 Å². The normalized spacial score (nSPS) is 9.81. The van der Waals surface area contributed by atoms with Gasteiger partial charge in [-0.05, 0) is 12.1 Å². The molecule has 1 rings (SSSR count). The van der Waals surface area contributed by atoms with Gasteiger partial charge >= 0.3 is 5.97 Å². The predicted molar refractivity (Wildman–Crippen MR) is 66.1 cm³/mol. The molecule has 1 N–H and O–H groups in total. The Morgan fingerprint density at radius 3 is 2.75 bits per heavy atom. The summed E-state index contributed by atoms with van der Waals surface area (Å²) in [6.45, 7) is 4.65. The lowest BCUT2D eigenvalue weighted by molar-refractivity contribution is -0.136. The van der Waals surface area contributed by atoms with Crippen LogP contribution < -0.4 is 4.90 Å². The lowest BCUT2D eigenvalue weighted by atomic mass is 10.2. The van der Waals surface area contributed by atoms with Gasteiger partial charge in [0, 0.05) is 13.1 Å². The van der Waals surface area contributed by atoms with Crippen molar-refractivity contribution in [2.45, 2.75) is 6.42 Å². The Morgan fingerprint density at radius 1 is 1.50 bits per heavy atom. The number of hydrogen-bond acceptors (Lipinski definition) is 2. The molecule has 0 saturated carbocycles. The molecule has 0 bridgehead atoms. The average Bonchev–Trinajstić information content (AvgIpc) is 2.25. The van der Waals surface area contributed by atoms with Crippen molar-refractivity contribution in [3.63, 3.8) is 0 Å². The second kappa shape index (κ2) is 6.18. The number of para-hydroxylation sites is 1. The molecule has 0 spiro atoms. The summed E-state index contributed by atoms with van der Waals surface area (Å²) in [5, 5.41) is 9.28. The Morgan fingerprint density at radius 2 is 2.19 bits per heavy atom. The third-order valence-corrected chi connectivity index (χ3v) is 2.46. The van der Waals surface area contributed by atoms with Crippen LogP contribution in [0.4, 0.5) is 5.69 Å². The summed E-state index contributed by atoms with van der Waals surface area (Å²) < 4.78 is 0. The summed E-state index contributed by atoms with van der Waals surface area (Å²) in [4.78, 5) is 12.4. The topological polar surface area (TPSA) is 40.5 Å². The second-order valence-corrected chi connectivity index (χ2v) is 3.74. The van der Waals surface area contributed by atoms with Crippen molar-refractivity contribution in [2.24, 2.45) is 0 Å². The molecule has 86 valence electrons. The van der Waals surface area contributed by atoms with Gasteiger partial charge in [-0.15, -0.1) is 6.58 Å². The summed E-state index contributed by atoms with van der Waals surface area (Å²) in [5.41, 5.74) is 0.838. The summed E-state index contributed by atoms with van der Waals surface area (Å²) >= 11 is 6.05. The highest BCUT2D eigenvalue weighted by Gasteiger charge is 2.09. The molecule has 0 amide bonds. The van der Waals surface area contributed by atoms with E-state index in [0.29, 0.717) is 18.1 Å². The average molecular weight is 240 g/mol. The zero-order valence-corrected chi connectivity index (χ0v) is 9.65. The first-order valence-corrected chi connectivity index (χ1v) is 5.35. The van der Waals surface area contributed by atoms with Crippen molar-refractivity contribution in [3.8, 4) is 0 Å². The standard InChI is InChI=1S/C12H14ClNO2/c1-2-8-14(9-7-12(15)16)11-6-4-3-5-10(11)13/h2-6H,1,7-9H2,(H,15,16). The van der Waals surface area contributed by atoms with Crippen LogP contribution in [0.25, 0.3) is 0 Å². The Bertz CT molecular complexity index is 379. The minimum Gasteiger partial charge on any atom is -0.481 e. The van der Waals surface area contributed by atoms with E-state index in [-0.39, 0.29) is 6.42 Å². The van der Waals surface area contributed by atoms with Crippen LogP contribution in [-0.4, -0.2) is 24.2 Å². The molecule has 16 heavy (non-hydrogen) atoms. The van der Waals surface area contributed by atoms with Crippen molar-refractivity contribution >= 4 is 23.3 Å². The molecule has 0 aliphatic heterocycles. The van der Waals surface area contributed by atoms with Gasteiger partial charge in [0.1, 0.15) is 0 Å². The van der Waals surface area contributed by atoms with E-state index in [0.717, 1.165) is 5.69 Å². The fourth-order valence-corrected chi connectivity index (χ4v) is 1.66. The van der Waals surface area contributed by atoms with Crippen molar-refractivity contribution in [3.05, 3.63) is 41.9 Å². The molecule has 0 saturated heterocycles. The van der Waals surface area contributed by atoms with Crippen LogP contribution in [0.1, 0.15) is 6.42 Å². The number of carbonyl (C=O) groups is 1. The Hall–Kier alpha value is -1.48. The number of anilines is 1. The summed E-state index contributed by atoms with van der Waals surface area (Å²) in [6, 6.07) is 7.37. The largest absolute Gasteiger partial charge is 0.481 e. The third kappa shape index (κ3) is 3.59. The predicted octanol–water partition coefficient (Wildman–Crippen LogP) is 2.81. The van der Waals surface area contributed by atoms with E-state index in [1.807, 2.05) is 23.1 Å². The molecule has 0 heterocycles. The van der Waals surface area contributed by atoms with Crippen LogP contribution >= 0.6 is 11.6 Å². The molecule has 4 heteroatoms. The molecule has 0 aliphatic carbocycles. The maximum absolute atomic E-state index is 10.5. The third-order valence-electron chi connectivity index (χ3n) is 2.14. The molecule has 3 nitrogen and oxygen atoms in total. The van der Waals surface area contributed by atoms with Gasteiger partial charge in [0.25, 0.3) is 0 Å². The van der Waals surface area contributed by atoms with Gasteiger partial charge in [0.15, 0.2) is 0 Å².